The molecule has 0 saturated heterocycles. The van der Waals surface area contributed by atoms with Crippen LogP contribution in [0.4, 0.5) is 0 Å². The van der Waals surface area contributed by atoms with Crippen molar-refractivity contribution in [2.24, 2.45) is 0 Å². The zero-order valence-corrected chi connectivity index (χ0v) is 10.8. The molecule has 102 valence electrons. The van der Waals surface area contributed by atoms with Crippen molar-refractivity contribution in [2.75, 3.05) is 7.11 Å². The fraction of sp³-hybridized carbons (Fsp3) is 0.200. The molecule has 2 rings (SSSR count). The molecule has 1 aliphatic carbocycles. The summed E-state index contributed by atoms with van der Waals surface area (Å²) < 4.78 is 4.99. The number of nitrogens with zero attached hydrogens (tertiary/aromatic N) is 1. The second kappa shape index (κ2) is 5.29. The number of hydrogen-bond acceptors (Lipinski definition) is 5. The van der Waals surface area contributed by atoms with Gasteiger partial charge in [0.05, 0.1) is 7.11 Å². The van der Waals surface area contributed by atoms with E-state index in [0.717, 1.165) is 0 Å². The molecule has 0 saturated carbocycles. The zero-order valence-electron chi connectivity index (χ0n) is 10.8. The Bertz CT molecular complexity index is 627. The zero-order chi connectivity index (χ0) is 14.8. The predicted octanol–water partition coefficient (Wildman–Crippen LogP) is 0.799. The van der Waals surface area contributed by atoms with Crippen molar-refractivity contribution in [2.45, 2.75) is 11.7 Å². The first kappa shape index (κ1) is 14.0. The van der Waals surface area contributed by atoms with E-state index < -0.39 is 11.7 Å². The Morgan fingerprint density at radius 2 is 2.05 bits per heavy atom. The monoisotopic (exact) mass is 271 g/mol. The van der Waals surface area contributed by atoms with Crippen LogP contribution < -0.4 is 0 Å². The van der Waals surface area contributed by atoms with Crippen LogP contribution >= 0.6 is 0 Å². The maximum atomic E-state index is 11.2. The molecule has 1 aromatic rings. The Morgan fingerprint density at radius 1 is 1.40 bits per heavy atom. The molecule has 1 aromatic carbocycles. The van der Waals surface area contributed by atoms with Gasteiger partial charge in [0.2, 0.25) is 5.60 Å². The van der Waals surface area contributed by atoms with Crippen LogP contribution in [-0.2, 0) is 9.53 Å². The molecule has 0 aliphatic heterocycles. The molecule has 20 heavy (non-hydrogen) atoms. The van der Waals surface area contributed by atoms with Gasteiger partial charge < -0.3 is 14.9 Å². The molecule has 0 heterocycles. The van der Waals surface area contributed by atoms with Gasteiger partial charge in [0, 0.05) is 5.57 Å². The first-order chi connectivity index (χ1) is 9.58. The highest BCUT2D eigenvalue weighted by Crippen LogP contribution is 2.36. The molecule has 2 unspecified atom stereocenters. The van der Waals surface area contributed by atoms with Crippen LogP contribution in [0.15, 0.2) is 47.7 Å². The van der Waals surface area contributed by atoms with Gasteiger partial charge in [-0.2, -0.15) is 5.26 Å². The summed E-state index contributed by atoms with van der Waals surface area (Å²) >= 11 is 0. The summed E-state index contributed by atoms with van der Waals surface area (Å²) in [4.78, 5) is 11.2. The Morgan fingerprint density at radius 3 is 2.55 bits per heavy atom. The van der Waals surface area contributed by atoms with E-state index in [4.69, 9.17) is 10.00 Å². The quantitative estimate of drug-likeness (QED) is 0.627. The molecule has 2 atom stereocenters. The predicted molar refractivity (Wildman–Crippen MR) is 71.1 cm³/mol. The van der Waals surface area contributed by atoms with Gasteiger partial charge in [-0.15, -0.1) is 0 Å². The first-order valence-corrected chi connectivity index (χ1v) is 5.91. The largest absolute Gasteiger partial charge is 0.497 e. The molecule has 0 aromatic heterocycles. The number of carbonyl (C=O) groups excluding carboxylic acids is 1. The third kappa shape index (κ3) is 2.01. The molecular formula is C15H13NO4. The Hall–Kier alpha value is -2.42. The highest BCUT2D eigenvalue weighted by molar-refractivity contribution is 5.95. The summed E-state index contributed by atoms with van der Waals surface area (Å²) in [5.74, 6) is -0.100. The Balaban J connectivity index is 2.67. The van der Waals surface area contributed by atoms with E-state index in [1.54, 1.807) is 30.3 Å². The SMILES string of the molecule is COC1=CC(c2ccccc2)=C(C=O)C(O)C1(O)C#N. The summed E-state index contributed by atoms with van der Waals surface area (Å²) in [6.07, 6.45) is 0.174. The van der Waals surface area contributed by atoms with E-state index >= 15 is 0 Å². The topological polar surface area (TPSA) is 90.6 Å². The van der Waals surface area contributed by atoms with Crippen molar-refractivity contribution in [1.29, 1.82) is 5.26 Å². The van der Waals surface area contributed by atoms with E-state index in [2.05, 4.69) is 0 Å². The van der Waals surface area contributed by atoms with Crippen molar-refractivity contribution in [3.63, 3.8) is 0 Å². The molecule has 0 radical (unpaired) electrons. The number of methoxy groups -OCH3 is 1. The molecule has 0 amide bonds. The fourth-order valence-corrected chi connectivity index (χ4v) is 2.16. The lowest BCUT2D eigenvalue weighted by Crippen LogP contribution is -2.47. The van der Waals surface area contributed by atoms with E-state index in [-0.39, 0.29) is 11.3 Å². The second-order valence-electron chi connectivity index (χ2n) is 4.35. The lowest BCUT2D eigenvalue weighted by Gasteiger charge is -2.32. The van der Waals surface area contributed by atoms with Crippen molar-refractivity contribution < 1.29 is 19.7 Å². The molecule has 5 heteroatoms. The number of nitriles is 1. The maximum absolute atomic E-state index is 11.2. The van der Waals surface area contributed by atoms with Crippen molar-refractivity contribution in [1.82, 2.24) is 0 Å². The van der Waals surface area contributed by atoms with Gasteiger partial charge in [-0.3, -0.25) is 4.79 Å². The van der Waals surface area contributed by atoms with Gasteiger partial charge in [-0.1, -0.05) is 30.3 Å². The number of aliphatic hydroxyl groups excluding tert-OH is 1. The molecule has 2 N–H and O–H groups in total. The van der Waals surface area contributed by atoms with Crippen LogP contribution in [0.25, 0.3) is 5.57 Å². The summed E-state index contributed by atoms with van der Waals surface area (Å²) in [5.41, 5.74) is -1.21. The van der Waals surface area contributed by atoms with E-state index in [1.165, 1.54) is 13.2 Å². The minimum absolute atomic E-state index is 0.0546. The van der Waals surface area contributed by atoms with Crippen LogP contribution in [0.1, 0.15) is 5.56 Å². The van der Waals surface area contributed by atoms with Gasteiger partial charge in [-0.25, -0.2) is 0 Å². The lowest BCUT2D eigenvalue weighted by molar-refractivity contribution is -0.107. The van der Waals surface area contributed by atoms with Crippen molar-refractivity contribution >= 4 is 11.9 Å². The average molecular weight is 271 g/mol. The van der Waals surface area contributed by atoms with Gasteiger partial charge in [0.25, 0.3) is 0 Å². The first-order valence-electron chi connectivity index (χ1n) is 5.91. The normalized spacial score (nSPS) is 25.7. The average Bonchev–Trinajstić information content (AvgIpc) is 2.50. The maximum Gasteiger partial charge on any atom is 0.239 e. The summed E-state index contributed by atoms with van der Waals surface area (Å²) in [7, 11) is 1.29. The second-order valence-corrected chi connectivity index (χ2v) is 4.35. The van der Waals surface area contributed by atoms with E-state index in [0.29, 0.717) is 17.4 Å². The van der Waals surface area contributed by atoms with Crippen molar-refractivity contribution in [3.8, 4) is 6.07 Å². The fourth-order valence-electron chi connectivity index (χ4n) is 2.16. The molecular weight excluding hydrogens is 258 g/mol. The summed E-state index contributed by atoms with van der Waals surface area (Å²) in [5, 5.41) is 29.4. The lowest BCUT2D eigenvalue weighted by atomic mass is 9.81. The number of rotatable bonds is 3. The third-order valence-corrected chi connectivity index (χ3v) is 3.25. The van der Waals surface area contributed by atoms with Crippen LogP contribution in [0.3, 0.4) is 0 Å². The number of allylic oxidation sites excluding steroid dienone is 2. The molecule has 0 fully saturated rings. The van der Waals surface area contributed by atoms with Gasteiger partial charge in [0.15, 0.2) is 0 Å². The molecule has 0 bridgehead atoms. The smallest absolute Gasteiger partial charge is 0.239 e. The number of carbonyl (C=O) groups is 1. The highest BCUT2D eigenvalue weighted by atomic mass is 16.5. The van der Waals surface area contributed by atoms with Crippen LogP contribution in [0, 0.1) is 11.3 Å². The highest BCUT2D eigenvalue weighted by Gasteiger charge is 2.47. The molecule has 1 aliphatic rings. The summed E-state index contributed by atoms with van der Waals surface area (Å²) in [6.45, 7) is 0. The number of aldehydes is 1. The Kier molecular flexibility index (Phi) is 3.70. The minimum Gasteiger partial charge on any atom is -0.497 e. The van der Waals surface area contributed by atoms with Gasteiger partial charge in [-0.05, 0) is 17.2 Å². The third-order valence-electron chi connectivity index (χ3n) is 3.25. The van der Waals surface area contributed by atoms with E-state index in [9.17, 15) is 15.0 Å². The van der Waals surface area contributed by atoms with Crippen LogP contribution in [0.2, 0.25) is 0 Å². The number of ether oxygens (including phenoxy) is 1. The number of aliphatic hydroxyl groups is 2. The number of hydrogen-bond donors (Lipinski definition) is 2. The Labute approximate surface area is 116 Å². The minimum atomic E-state index is -2.26. The van der Waals surface area contributed by atoms with Crippen molar-refractivity contribution in [3.05, 3.63) is 53.3 Å². The van der Waals surface area contributed by atoms with Crippen LogP contribution in [0.5, 0.6) is 0 Å². The van der Waals surface area contributed by atoms with Crippen LogP contribution in [-0.4, -0.2) is 35.3 Å². The molecule has 0 spiro atoms. The molecule has 5 nitrogen and oxygen atoms in total. The number of benzene rings is 1. The van der Waals surface area contributed by atoms with E-state index in [1.807, 2.05) is 6.07 Å². The van der Waals surface area contributed by atoms with Gasteiger partial charge >= 0.3 is 0 Å². The summed E-state index contributed by atoms with van der Waals surface area (Å²) in [6, 6.07) is 10.5. The standard InChI is InChI=1S/C15H13NO4/c1-20-13-7-11(10-5-3-2-4-6-10)12(8-17)14(18)15(13,19)9-16/h2-8,14,18-19H,1H3. The van der Waals surface area contributed by atoms with Gasteiger partial charge in [0.1, 0.15) is 24.2 Å².